The molecule has 0 bridgehead atoms. The Kier molecular flexibility index (Phi) is 3.35. The Morgan fingerprint density at radius 3 is 3.00 bits per heavy atom. The van der Waals surface area contributed by atoms with Crippen molar-refractivity contribution < 1.29 is 0 Å². The molecule has 5 nitrogen and oxygen atoms in total. The lowest BCUT2D eigenvalue weighted by Gasteiger charge is -2.06. The van der Waals surface area contributed by atoms with Gasteiger partial charge in [0.1, 0.15) is 17.8 Å². The molecule has 0 aliphatic heterocycles. The predicted octanol–water partition coefficient (Wildman–Crippen LogP) is 3.85. The van der Waals surface area contributed by atoms with Crippen LogP contribution in [-0.2, 0) is 6.54 Å². The highest BCUT2D eigenvalue weighted by atomic mass is 35.5. The van der Waals surface area contributed by atoms with Gasteiger partial charge in [0.15, 0.2) is 0 Å². The van der Waals surface area contributed by atoms with E-state index in [9.17, 15) is 0 Å². The largest absolute Gasteiger partial charge is 0.364 e. The lowest BCUT2D eigenvalue weighted by molar-refractivity contribution is 1.05. The van der Waals surface area contributed by atoms with Crippen LogP contribution in [0.3, 0.4) is 0 Å². The Hall–Kier alpha value is -2.66. The molecule has 3 heterocycles. The summed E-state index contributed by atoms with van der Waals surface area (Å²) in [5.74, 6) is 0.778. The molecule has 114 valence electrons. The Labute approximate surface area is 138 Å². The molecule has 0 unspecified atom stereocenters. The Bertz CT molecular complexity index is 1010. The van der Waals surface area contributed by atoms with E-state index in [0.717, 1.165) is 33.6 Å². The number of hydrogen-bond acceptors (Lipinski definition) is 4. The molecule has 0 aliphatic carbocycles. The third kappa shape index (κ3) is 2.59. The molecule has 0 spiro atoms. The maximum Gasteiger partial charge on any atom is 0.140 e. The number of benzene rings is 1. The highest BCUT2D eigenvalue weighted by molar-refractivity contribution is 6.31. The lowest BCUT2D eigenvalue weighted by atomic mass is 10.2. The van der Waals surface area contributed by atoms with Gasteiger partial charge in [0, 0.05) is 22.8 Å². The summed E-state index contributed by atoms with van der Waals surface area (Å²) in [4.78, 5) is 13.2. The fraction of sp³-hybridized carbons (Fsp3) is 0.118. The summed E-state index contributed by atoms with van der Waals surface area (Å²) in [5.41, 5.74) is 3.91. The molecule has 4 aromatic rings. The number of nitrogens with zero attached hydrogens (tertiary/aromatic N) is 4. The summed E-state index contributed by atoms with van der Waals surface area (Å²) in [5, 5.41) is 4.94. The van der Waals surface area contributed by atoms with Gasteiger partial charge in [-0.15, -0.1) is 0 Å². The summed E-state index contributed by atoms with van der Waals surface area (Å²) in [6.07, 6.45) is 5.56. The second-order valence-electron chi connectivity index (χ2n) is 5.39. The van der Waals surface area contributed by atoms with Gasteiger partial charge in [-0.05, 0) is 36.8 Å². The van der Waals surface area contributed by atoms with Gasteiger partial charge in [-0.3, -0.25) is 0 Å². The standard InChI is InChI=1S/C17H14ClN5/c1-11-3-2-6-23-9-13(22-17(11)23)8-19-16-14-5-4-12(18)7-15(14)20-10-21-16/h2-7,9-10H,8H2,1H3,(H,19,20,21). The number of aromatic nitrogens is 4. The molecule has 0 amide bonds. The average molecular weight is 324 g/mol. The molecule has 1 aromatic carbocycles. The summed E-state index contributed by atoms with van der Waals surface area (Å²) in [6, 6.07) is 9.67. The first-order valence-electron chi connectivity index (χ1n) is 7.28. The van der Waals surface area contributed by atoms with Crippen LogP contribution in [0.25, 0.3) is 16.6 Å². The molecule has 0 radical (unpaired) electrons. The van der Waals surface area contributed by atoms with Gasteiger partial charge in [0.2, 0.25) is 0 Å². The summed E-state index contributed by atoms with van der Waals surface area (Å²) >= 11 is 6.01. The van der Waals surface area contributed by atoms with Crippen LogP contribution >= 0.6 is 11.6 Å². The average Bonchev–Trinajstić information content (AvgIpc) is 2.97. The van der Waals surface area contributed by atoms with Gasteiger partial charge in [0.25, 0.3) is 0 Å². The lowest BCUT2D eigenvalue weighted by Crippen LogP contribution is -2.02. The van der Waals surface area contributed by atoms with Crippen LogP contribution in [0.2, 0.25) is 5.02 Å². The minimum atomic E-state index is 0.593. The number of aryl methyl sites for hydroxylation is 1. The number of imidazole rings is 1. The number of rotatable bonds is 3. The van der Waals surface area contributed by atoms with Crippen molar-refractivity contribution in [2.75, 3.05) is 5.32 Å². The van der Waals surface area contributed by atoms with Crippen molar-refractivity contribution in [3.63, 3.8) is 0 Å². The molecule has 4 rings (SSSR count). The van der Waals surface area contributed by atoms with E-state index in [1.165, 1.54) is 6.33 Å². The van der Waals surface area contributed by atoms with Gasteiger partial charge in [-0.2, -0.15) is 0 Å². The van der Waals surface area contributed by atoms with E-state index in [2.05, 4.69) is 33.3 Å². The van der Waals surface area contributed by atoms with Crippen molar-refractivity contribution in [2.45, 2.75) is 13.5 Å². The minimum absolute atomic E-state index is 0.593. The SMILES string of the molecule is Cc1cccn2cc(CNc3ncnc4cc(Cl)ccc34)nc12. The Balaban J connectivity index is 1.64. The van der Waals surface area contributed by atoms with Crippen molar-refractivity contribution in [3.8, 4) is 0 Å². The topological polar surface area (TPSA) is 55.1 Å². The van der Waals surface area contributed by atoms with Crippen molar-refractivity contribution in [1.29, 1.82) is 0 Å². The first kappa shape index (κ1) is 14.0. The number of halogens is 1. The van der Waals surface area contributed by atoms with Crippen molar-refractivity contribution >= 4 is 34.0 Å². The van der Waals surface area contributed by atoms with Crippen LogP contribution in [0.5, 0.6) is 0 Å². The molecule has 23 heavy (non-hydrogen) atoms. The van der Waals surface area contributed by atoms with Gasteiger partial charge in [-0.25, -0.2) is 15.0 Å². The van der Waals surface area contributed by atoms with Crippen LogP contribution in [0.15, 0.2) is 49.1 Å². The second kappa shape index (κ2) is 5.52. The zero-order valence-electron chi connectivity index (χ0n) is 12.5. The van der Waals surface area contributed by atoms with Crippen LogP contribution in [0.4, 0.5) is 5.82 Å². The fourth-order valence-electron chi connectivity index (χ4n) is 2.63. The number of hydrogen-bond donors (Lipinski definition) is 1. The third-order valence-corrected chi connectivity index (χ3v) is 4.00. The van der Waals surface area contributed by atoms with E-state index < -0.39 is 0 Å². The van der Waals surface area contributed by atoms with Crippen LogP contribution in [0.1, 0.15) is 11.3 Å². The fourth-order valence-corrected chi connectivity index (χ4v) is 2.80. The van der Waals surface area contributed by atoms with E-state index in [-0.39, 0.29) is 0 Å². The molecule has 0 atom stereocenters. The van der Waals surface area contributed by atoms with Crippen molar-refractivity contribution in [3.05, 3.63) is 65.3 Å². The molecule has 0 saturated carbocycles. The minimum Gasteiger partial charge on any atom is -0.364 e. The predicted molar refractivity (Wildman–Crippen MR) is 91.8 cm³/mol. The van der Waals surface area contributed by atoms with Crippen molar-refractivity contribution in [1.82, 2.24) is 19.4 Å². The molecule has 3 aromatic heterocycles. The maximum atomic E-state index is 6.01. The summed E-state index contributed by atoms with van der Waals surface area (Å²) < 4.78 is 2.03. The first-order chi connectivity index (χ1) is 11.2. The van der Waals surface area contributed by atoms with Gasteiger partial charge in [0.05, 0.1) is 17.8 Å². The molecular formula is C17H14ClN5. The molecule has 0 saturated heterocycles. The second-order valence-corrected chi connectivity index (χ2v) is 5.83. The zero-order valence-corrected chi connectivity index (χ0v) is 13.2. The molecular weight excluding hydrogens is 310 g/mol. The Morgan fingerprint density at radius 2 is 2.13 bits per heavy atom. The number of nitrogens with one attached hydrogen (secondary N) is 1. The Morgan fingerprint density at radius 1 is 1.22 bits per heavy atom. The quantitative estimate of drug-likeness (QED) is 0.622. The third-order valence-electron chi connectivity index (χ3n) is 3.76. The molecule has 0 fully saturated rings. The monoisotopic (exact) mass is 323 g/mol. The van der Waals surface area contributed by atoms with Crippen LogP contribution in [0, 0.1) is 6.92 Å². The number of anilines is 1. The van der Waals surface area contributed by atoms with Gasteiger partial charge >= 0.3 is 0 Å². The molecule has 6 heteroatoms. The molecule has 1 N–H and O–H groups in total. The van der Waals surface area contributed by atoms with Gasteiger partial charge < -0.3 is 9.72 Å². The van der Waals surface area contributed by atoms with E-state index in [1.807, 2.05) is 41.1 Å². The van der Waals surface area contributed by atoms with Gasteiger partial charge in [-0.1, -0.05) is 17.7 Å². The normalized spacial score (nSPS) is 11.2. The van der Waals surface area contributed by atoms with Crippen LogP contribution < -0.4 is 5.32 Å². The smallest absolute Gasteiger partial charge is 0.140 e. The first-order valence-corrected chi connectivity index (χ1v) is 7.66. The van der Waals surface area contributed by atoms with E-state index in [1.54, 1.807) is 0 Å². The highest BCUT2D eigenvalue weighted by Crippen LogP contribution is 2.23. The van der Waals surface area contributed by atoms with E-state index >= 15 is 0 Å². The zero-order chi connectivity index (χ0) is 15.8. The number of pyridine rings is 1. The summed E-state index contributed by atoms with van der Waals surface area (Å²) in [7, 11) is 0. The van der Waals surface area contributed by atoms with E-state index in [4.69, 9.17) is 11.6 Å². The van der Waals surface area contributed by atoms with E-state index in [0.29, 0.717) is 11.6 Å². The highest BCUT2D eigenvalue weighted by Gasteiger charge is 2.07. The number of fused-ring (bicyclic) bond motifs is 2. The maximum absolute atomic E-state index is 6.01. The van der Waals surface area contributed by atoms with Crippen LogP contribution in [-0.4, -0.2) is 19.4 Å². The van der Waals surface area contributed by atoms with Crippen molar-refractivity contribution in [2.24, 2.45) is 0 Å². The summed E-state index contributed by atoms with van der Waals surface area (Å²) in [6.45, 7) is 2.65. The molecule has 0 aliphatic rings.